The smallest absolute Gasteiger partial charge is 0.211 e. The summed E-state index contributed by atoms with van der Waals surface area (Å²) in [5, 5.41) is 2.35. The van der Waals surface area contributed by atoms with Gasteiger partial charge in [0.2, 0.25) is 6.41 Å². The SMILES string of the molecule is CC(N)(CCC1CC1)c1ccc(F)c(NC=O)c1. The number of hydrogen-bond acceptors (Lipinski definition) is 2. The Kier molecular flexibility index (Phi) is 3.66. The molecule has 3 nitrogen and oxygen atoms in total. The van der Waals surface area contributed by atoms with Gasteiger partial charge >= 0.3 is 0 Å². The molecule has 1 aromatic rings. The lowest BCUT2D eigenvalue weighted by Crippen LogP contribution is -2.33. The zero-order valence-electron chi connectivity index (χ0n) is 10.6. The van der Waals surface area contributed by atoms with Crippen LogP contribution in [0.2, 0.25) is 0 Å². The van der Waals surface area contributed by atoms with Crippen molar-refractivity contribution in [2.75, 3.05) is 5.32 Å². The first-order chi connectivity index (χ1) is 8.53. The van der Waals surface area contributed by atoms with Gasteiger partial charge in [0, 0.05) is 5.54 Å². The van der Waals surface area contributed by atoms with Crippen LogP contribution in [0.3, 0.4) is 0 Å². The Morgan fingerprint density at radius 2 is 2.28 bits per heavy atom. The molecule has 0 aliphatic heterocycles. The Labute approximate surface area is 107 Å². The number of benzene rings is 1. The molecule has 1 amide bonds. The molecule has 1 aliphatic carbocycles. The molecule has 1 atom stereocenters. The second-order valence-electron chi connectivity index (χ2n) is 5.36. The molecule has 2 rings (SSSR count). The normalized spacial score (nSPS) is 18.2. The van der Waals surface area contributed by atoms with Gasteiger partial charge < -0.3 is 11.1 Å². The van der Waals surface area contributed by atoms with Crippen LogP contribution in [0.15, 0.2) is 18.2 Å². The highest BCUT2D eigenvalue weighted by atomic mass is 19.1. The Balaban J connectivity index is 2.14. The third kappa shape index (κ3) is 3.07. The molecule has 1 fully saturated rings. The van der Waals surface area contributed by atoms with E-state index in [2.05, 4.69) is 5.32 Å². The van der Waals surface area contributed by atoms with E-state index in [4.69, 9.17) is 5.73 Å². The van der Waals surface area contributed by atoms with Gasteiger partial charge in [0.25, 0.3) is 0 Å². The summed E-state index contributed by atoms with van der Waals surface area (Å²) in [4.78, 5) is 10.4. The minimum absolute atomic E-state index is 0.186. The van der Waals surface area contributed by atoms with E-state index in [0.29, 0.717) is 6.41 Å². The van der Waals surface area contributed by atoms with Crippen molar-refractivity contribution in [3.05, 3.63) is 29.6 Å². The van der Waals surface area contributed by atoms with Crippen molar-refractivity contribution >= 4 is 12.1 Å². The minimum atomic E-state index is -0.477. The molecule has 1 aromatic carbocycles. The summed E-state index contributed by atoms with van der Waals surface area (Å²) in [6.45, 7) is 1.95. The molecular weight excluding hydrogens is 231 g/mol. The van der Waals surface area contributed by atoms with Gasteiger partial charge in [0.15, 0.2) is 0 Å². The van der Waals surface area contributed by atoms with E-state index in [-0.39, 0.29) is 5.69 Å². The molecule has 0 spiro atoms. The Morgan fingerprint density at radius 3 is 2.89 bits per heavy atom. The predicted molar refractivity (Wildman–Crippen MR) is 69.6 cm³/mol. The molecule has 98 valence electrons. The van der Waals surface area contributed by atoms with Gasteiger partial charge in [-0.3, -0.25) is 4.79 Å². The Hall–Kier alpha value is -1.42. The van der Waals surface area contributed by atoms with Crippen LogP contribution in [0, 0.1) is 11.7 Å². The zero-order valence-corrected chi connectivity index (χ0v) is 10.6. The maximum absolute atomic E-state index is 13.4. The summed E-state index contributed by atoms with van der Waals surface area (Å²) < 4.78 is 13.4. The zero-order chi connectivity index (χ0) is 13.2. The summed E-state index contributed by atoms with van der Waals surface area (Å²) in [6.07, 6.45) is 5.07. The number of amides is 1. The van der Waals surface area contributed by atoms with Crippen molar-refractivity contribution in [2.45, 2.75) is 38.1 Å². The summed E-state index contributed by atoms with van der Waals surface area (Å²) in [5.41, 5.74) is 6.86. The number of nitrogens with two attached hydrogens (primary N) is 1. The van der Waals surface area contributed by atoms with Crippen LogP contribution in [-0.2, 0) is 10.3 Å². The third-order valence-corrected chi connectivity index (χ3v) is 3.61. The number of carbonyl (C=O) groups is 1. The number of anilines is 1. The fourth-order valence-electron chi connectivity index (χ4n) is 2.11. The lowest BCUT2D eigenvalue weighted by Gasteiger charge is -2.26. The molecule has 1 saturated carbocycles. The van der Waals surface area contributed by atoms with E-state index in [1.54, 1.807) is 12.1 Å². The second-order valence-corrected chi connectivity index (χ2v) is 5.36. The quantitative estimate of drug-likeness (QED) is 0.763. The van der Waals surface area contributed by atoms with Crippen LogP contribution in [0.4, 0.5) is 10.1 Å². The topological polar surface area (TPSA) is 55.1 Å². The van der Waals surface area contributed by atoms with Gasteiger partial charge in [-0.05, 0) is 43.4 Å². The number of halogens is 1. The molecule has 0 saturated heterocycles. The maximum Gasteiger partial charge on any atom is 0.211 e. The van der Waals surface area contributed by atoms with Gasteiger partial charge in [-0.1, -0.05) is 18.9 Å². The minimum Gasteiger partial charge on any atom is -0.326 e. The highest BCUT2D eigenvalue weighted by molar-refractivity contribution is 5.72. The lowest BCUT2D eigenvalue weighted by molar-refractivity contribution is -0.105. The molecule has 3 N–H and O–H groups in total. The van der Waals surface area contributed by atoms with Gasteiger partial charge in [-0.25, -0.2) is 4.39 Å². The maximum atomic E-state index is 13.4. The molecule has 0 radical (unpaired) electrons. The van der Waals surface area contributed by atoms with Crippen LogP contribution in [0.5, 0.6) is 0 Å². The van der Waals surface area contributed by atoms with Crippen molar-refractivity contribution < 1.29 is 9.18 Å². The molecule has 1 aliphatic rings. The largest absolute Gasteiger partial charge is 0.326 e. The van der Waals surface area contributed by atoms with E-state index in [9.17, 15) is 9.18 Å². The molecule has 4 heteroatoms. The van der Waals surface area contributed by atoms with Crippen molar-refractivity contribution in [2.24, 2.45) is 11.7 Å². The highest BCUT2D eigenvalue weighted by Crippen LogP contribution is 2.37. The highest BCUT2D eigenvalue weighted by Gasteiger charge is 2.27. The summed E-state index contributed by atoms with van der Waals surface area (Å²) in [5.74, 6) is 0.379. The fourth-order valence-corrected chi connectivity index (χ4v) is 2.11. The van der Waals surface area contributed by atoms with Crippen LogP contribution in [-0.4, -0.2) is 6.41 Å². The predicted octanol–water partition coefficient (Wildman–Crippen LogP) is 2.76. The lowest BCUT2D eigenvalue weighted by atomic mass is 9.87. The molecule has 0 bridgehead atoms. The van der Waals surface area contributed by atoms with E-state index >= 15 is 0 Å². The van der Waals surface area contributed by atoms with Crippen LogP contribution in [0.1, 0.15) is 38.2 Å². The van der Waals surface area contributed by atoms with Crippen LogP contribution < -0.4 is 11.1 Å². The standard InChI is InChI=1S/C14H19FN2O/c1-14(16,7-6-10-2-3-10)11-4-5-12(15)13(8-11)17-9-18/h4-5,8-10H,2-3,6-7,16H2,1H3,(H,17,18). The molecule has 0 heterocycles. The Morgan fingerprint density at radius 1 is 1.56 bits per heavy atom. The van der Waals surface area contributed by atoms with E-state index in [1.165, 1.54) is 18.9 Å². The average Bonchev–Trinajstić information content (AvgIpc) is 3.13. The van der Waals surface area contributed by atoms with Crippen molar-refractivity contribution in [1.82, 2.24) is 0 Å². The van der Waals surface area contributed by atoms with Gasteiger partial charge in [-0.2, -0.15) is 0 Å². The number of carbonyl (C=O) groups excluding carboxylic acids is 1. The second kappa shape index (κ2) is 5.06. The fraction of sp³-hybridized carbons (Fsp3) is 0.500. The number of hydrogen-bond donors (Lipinski definition) is 2. The monoisotopic (exact) mass is 250 g/mol. The first kappa shape index (κ1) is 13.0. The molecule has 0 aromatic heterocycles. The summed E-state index contributed by atoms with van der Waals surface area (Å²) in [6, 6.07) is 4.66. The van der Waals surface area contributed by atoms with Crippen molar-refractivity contribution in [3.8, 4) is 0 Å². The van der Waals surface area contributed by atoms with Gasteiger partial charge in [0.05, 0.1) is 5.69 Å². The first-order valence-corrected chi connectivity index (χ1v) is 6.32. The van der Waals surface area contributed by atoms with Crippen molar-refractivity contribution in [3.63, 3.8) is 0 Å². The van der Waals surface area contributed by atoms with Crippen LogP contribution in [0.25, 0.3) is 0 Å². The summed E-state index contributed by atoms with van der Waals surface area (Å²) >= 11 is 0. The molecule has 1 unspecified atom stereocenters. The van der Waals surface area contributed by atoms with E-state index < -0.39 is 11.4 Å². The average molecular weight is 250 g/mol. The van der Waals surface area contributed by atoms with E-state index in [1.807, 2.05) is 6.92 Å². The third-order valence-electron chi connectivity index (χ3n) is 3.61. The Bertz CT molecular complexity index is 441. The van der Waals surface area contributed by atoms with Gasteiger partial charge in [0.1, 0.15) is 5.82 Å². The van der Waals surface area contributed by atoms with Crippen LogP contribution >= 0.6 is 0 Å². The summed E-state index contributed by atoms with van der Waals surface area (Å²) in [7, 11) is 0. The van der Waals surface area contributed by atoms with Gasteiger partial charge in [-0.15, -0.1) is 0 Å². The molecular formula is C14H19FN2O. The number of rotatable bonds is 6. The van der Waals surface area contributed by atoms with E-state index in [0.717, 1.165) is 24.3 Å². The van der Waals surface area contributed by atoms with Crippen molar-refractivity contribution in [1.29, 1.82) is 0 Å². The first-order valence-electron chi connectivity index (χ1n) is 6.32. The number of nitrogens with one attached hydrogen (secondary N) is 1. The molecule has 18 heavy (non-hydrogen) atoms.